The minimum absolute atomic E-state index is 1.03. The molecule has 0 saturated heterocycles. The third-order valence-corrected chi connectivity index (χ3v) is 4.60. The molecular formula is C14H26. The maximum atomic E-state index is 2.50. The summed E-state index contributed by atoms with van der Waals surface area (Å²) >= 11 is 0. The minimum Gasteiger partial charge on any atom is -0.0654 e. The van der Waals surface area contributed by atoms with Gasteiger partial charge in [-0.25, -0.2) is 0 Å². The van der Waals surface area contributed by atoms with E-state index in [4.69, 9.17) is 0 Å². The Morgan fingerprint density at radius 3 is 2.36 bits per heavy atom. The van der Waals surface area contributed by atoms with E-state index in [1.807, 2.05) is 0 Å². The van der Waals surface area contributed by atoms with Gasteiger partial charge in [0, 0.05) is 0 Å². The third kappa shape index (κ3) is 2.52. The van der Waals surface area contributed by atoms with Crippen molar-refractivity contribution in [1.29, 1.82) is 0 Å². The Balaban J connectivity index is 1.56. The van der Waals surface area contributed by atoms with Crippen LogP contribution in [0.4, 0.5) is 0 Å². The first-order valence-corrected chi connectivity index (χ1v) is 6.81. The van der Waals surface area contributed by atoms with Crippen molar-refractivity contribution < 1.29 is 0 Å². The monoisotopic (exact) mass is 194 g/mol. The van der Waals surface area contributed by atoms with Crippen LogP contribution in [0.2, 0.25) is 0 Å². The lowest BCUT2D eigenvalue weighted by molar-refractivity contribution is 0.310. The third-order valence-electron chi connectivity index (χ3n) is 4.60. The molecule has 0 aliphatic heterocycles. The van der Waals surface area contributed by atoms with Gasteiger partial charge in [-0.05, 0) is 42.9 Å². The van der Waals surface area contributed by atoms with Gasteiger partial charge in [0.1, 0.15) is 0 Å². The van der Waals surface area contributed by atoms with Crippen molar-refractivity contribution in [3.05, 3.63) is 0 Å². The molecule has 2 rings (SSSR count). The summed E-state index contributed by atoms with van der Waals surface area (Å²) in [5.74, 6) is 4.50. The predicted octanol–water partition coefficient (Wildman–Crippen LogP) is 4.64. The van der Waals surface area contributed by atoms with E-state index in [0.29, 0.717) is 0 Å². The quantitative estimate of drug-likeness (QED) is 0.540. The zero-order chi connectivity index (χ0) is 9.97. The number of fused-ring (bicyclic) bond motifs is 1. The van der Waals surface area contributed by atoms with Crippen LogP contribution in [0.25, 0.3) is 0 Å². The van der Waals surface area contributed by atoms with E-state index in [1.165, 1.54) is 43.9 Å². The minimum atomic E-state index is 1.03. The molecule has 0 nitrogen and oxygen atoms in total. The van der Waals surface area contributed by atoms with E-state index in [1.54, 1.807) is 19.3 Å². The fraction of sp³-hybridized carbons (Fsp3) is 1.00. The molecule has 0 radical (unpaired) electrons. The number of hydrogen-bond donors (Lipinski definition) is 0. The van der Waals surface area contributed by atoms with Crippen molar-refractivity contribution in [3.63, 3.8) is 0 Å². The molecule has 3 atom stereocenters. The largest absolute Gasteiger partial charge is 0.0654 e. The van der Waals surface area contributed by atoms with Crippen molar-refractivity contribution >= 4 is 0 Å². The van der Waals surface area contributed by atoms with Crippen molar-refractivity contribution in [2.45, 2.75) is 65.2 Å². The second-order valence-corrected chi connectivity index (χ2v) is 5.81. The molecule has 3 unspecified atom stereocenters. The summed E-state index contributed by atoms with van der Waals surface area (Å²) in [6, 6.07) is 0. The summed E-state index contributed by atoms with van der Waals surface area (Å²) in [5, 5.41) is 0. The van der Waals surface area contributed by atoms with Crippen LogP contribution in [-0.4, -0.2) is 0 Å². The Bertz CT molecular complexity index is 163. The lowest BCUT2D eigenvalue weighted by atomic mass is 9.86. The molecule has 2 saturated carbocycles. The molecule has 82 valence electrons. The molecule has 0 aromatic heterocycles. The Morgan fingerprint density at radius 2 is 1.71 bits per heavy atom. The molecule has 2 fully saturated rings. The van der Waals surface area contributed by atoms with Crippen LogP contribution in [0.15, 0.2) is 0 Å². The summed E-state index contributed by atoms with van der Waals surface area (Å²) in [6.07, 6.45) is 12.0. The molecule has 0 heteroatoms. The van der Waals surface area contributed by atoms with Crippen molar-refractivity contribution in [2.75, 3.05) is 0 Å². The predicted molar refractivity (Wildman–Crippen MR) is 62.2 cm³/mol. The van der Waals surface area contributed by atoms with Gasteiger partial charge in [-0.1, -0.05) is 46.0 Å². The van der Waals surface area contributed by atoms with Crippen molar-refractivity contribution in [2.24, 2.45) is 23.7 Å². The molecule has 0 amide bonds. The summed E-state index contributed by atoms with van der Waals surface area (Å²) in [6.45, 7) is 4.80. The molecule has 0 heterocycles. The lowest BCUT2D eigenvalue weighted by Gasteiger charge is -2.20. The maximum absolute atomic E-state index is 2.50. The van der Waals surface area contributed by atoms with E-state index in [2.05, 4.69) is 13.8 Å². The number of rotatable bonds is 6. The van der Waals surface area contributed by atoms with Crippen LogP contribution < -0.4 is 0 Å². The van der Waals surface area contributed by atoms with E-state index in [-0.39, 0.29) is 0 Å². The SMILES string of the molecule is CCCCCCC(C)C1CC2CC2C1. The molecule has 0 aromatic carbocycles. The van der Waals surface area contributed by atoms with Gasteiger partial charge in [0.15, 0.2) is 0 Å². The summed E-state index contributed by atoms with van der Waals surface area (Å²) < 4.78 is 0. The van der Waals surface area contributed by atoms with Gasteiger partial charge in [-0.3, -0.25) is 0 Å². The van der Waals surface area contributed by atoms with Crippen LogP contribution in [-0.2, 0) is 0 Å². The van der Waals surface area contributed by atoms with Crippen LogP contribution in [0.1, 0.15) is 65.2 Å². The van der Waals surface area contributed by atoms with Crippen LogP contribution in [0.5, 0.6) is 0 Å². The first-order valence-electron chi connectivity index (χ1n) is 6.81. The maximum Gasteiger partial charge on any atom is -0.0380 e. The topological polar surface area (TPSA) is 0 Å². The van der Waals surface area contributed by atoms with Crippen LogP contribution in [0.3, 0.4) is 0 Å². The van der Waals surface area contributed by atoms with Gasteiger partial charge in [0.25, 0.3) is 0 Å². The highest BCUT2D eigenvalue weighted by molar-refractivity contribution is 4.96. The van der Waals surface area contributed by atoms with E-state index in [9.17, 15) is 0 Å². The first-order chi connectivity index (χ1) is 6.81. The Labute approximate surface area is 89.5 Å². The van der Waals surface area contributed by atoms with Crippen molar-refractivity contribution in [3.8, 4) is 0 Å². The Morgan fingerprint density at radius 1 is 1.00 bits per heavy atom. The highest BCUT2D eigenvalue weighted by Crippen LogP contribution is 2.56. The molecular weight excluding hydrogens is 168 g/mol. The zero-order valence-electron chi connectivity index (χ0n) is 9.97. The molecule has 14 heavy (non-hydrogen) atoms. The smallest absolute Gasteiger partial charge is 0.0380 e. The average molecular weight is 194 g/mol. The highest BCUT2D eigenvalue weighted by atomic mass is 14.5. The Kier molecular flexibility index (Phi) is 3.52. The molecule has 0 spiro atoms. The lowest BCUT2D eigenvalue weighted by Crippen LogP contribution is -2.09. The molecule has 2 aliphatic carbocycles. The fourth-order valence-corrected chi connectivity index (χ4v) is 3.36. The fourth-order valence-electron chi connectivity index (χ4n) is 3.36. The number of hydrogen-bond acceptors (Lipinski definition) is 0. The van der Waals surface area contributed by atoms with E-state index in [0.717, 1.165) is 11.8 Å². The Hall–Kier alpha value is 0. The second kappa shape index (κ2) is 4.68. The van der Waals surface area contributed by atoms with Gasteiger partial charge in [0.05, 0.1) is 0 Å². The van der Waals surface area contributed by atoms with Gasteiger partial charge < -0.3 is 0 Å². The van der Waals surface area contributed by atoms with Gasteiger partial charge in [0.2, 0.25) is 0 Å². The van der Waals surface area contributed by atoms with Crippen molar-refractivity contribution in [1.82, 2.24) is 0 Å². The van der Waals surface area contributed by atoms with Gasteiger partial charge >= 0.3 is 0 Å². The summed E-state index contributed by atoms with van der Waals surface area (Å²) in [4.78, 5) is 0. The van der Waals surface area contributed by atoms with Crippen LogP contribution in [0, 0.1) is 23.7 Å². The first kappa shape index (κ1) is 10.5. The average Bonchev–Trinajstić information content (AvgIpc) is 2.80. The van der Waals surface area contributed by atoms with E-state index < -0.39 is 0 Å². The molecule has 0 N–H and O–H groups in total. The van der Waals surface area contributed by atoms with Gasteiger partial charge in [-0.15, -0.1) is 0 Å². The highest BCUT2D eigenvalue weighted by Gasteiger charge is 2.46. The standard InChI is InChI=1S/C14H26/c1-3-4-5-6-7-11(2)12-8-13-10-14(13)9-12/h11-14H,3-10H2,1-2H3. The zero-order valence-corrected chi connectivity index (χ0v) is 9.97. The normalized spacial score (nSPS) is 36.9. The summed E-state index contributed by atoms with van der Waals surface area (Å²) in [5.41, 5.74) is 0. The number of unbranched alkanes of at least 4 members (excludes halogenated alkanes) is 3. The van der Waals surface area contributed by atoms with Gasteiger partial charge in [-0.2, -0.15) is 0 Å². The van der Waals surface area contributed by atoms with Crippen LogP contribution >= 0.6 is 0 Å². The van der Waals surface area contributed by atoms with E-state index >= 15 is 0 Å². The molecule has 0 bridgehead atoms. The molecule has 0 aromatic rings. The molecule has 2 aliphatic rings. The summed E-state index contributed by atoms with van der Waals surface area (Å²) in [7, 11) is 0. The second-order valence-electron chi connectivity index (χ2n) is 5.81.